The number of carbonyl (C=O) groups excluding carboxylic acids is 3. The minimum Gasteiger partial charge on any atom is -0.392 e. The van der Waals surface area contributed by atoms with Crippen LogP contribution in [0, 0.1) is 0 Å². The number of fused-ring (bicyclic) bond motifs is 1. The smallest absolute Gasteiger partial charge is 0.212 e. The number of carbonyl (C=O) groups is 3. The highest BCUT2D eigenvalue weighted by Gasteiger charge is 2.40. The van der Waals surface area contributed by atoms with Gasteiger partial charge in [0.05, 0.1) is 29.3 Å². The van der Waals surface area contributed by atoms with E-state index in [1.165, 1.54) is 6.92 Å². The van der Waals surface area contributed by atoms with E-state index in [1.807, 2.05) is 4.90 Å². The average molecular weight is 274 g/mol. The zero-order chi connectivity index (χ0) is 14.6. The van der Waals surface area contributed by atoms with Crippen LogP contribution < -0.4 is 0 Å². The van der Waals surface area contributed by atoms with E-state index in [1.54, 1.807) is 6.92 Å². The number of nitrogens with zero attached hydrogens (tertiary/aromatic N) is 1. The molecular weight excluding hydrogens is 260 g/mol. The summed E-state index contributed by atoms with van der Waals surface area (Å²) in [6.07, 6.45) is 0. The van der Waals surface area contributed by atoms with Crippen LogP contribution in [0.3, 0.4) is 0 Å². The minimum absolute atomic E-state index is 0.118. The number of H-pyrrole nitrogens is 1. The monoisotopic (exact) mass is 274 g/mol. The molecule has 0 atom stereocenters. The van der Waals surface area contributed by atoms with Gasteiger partial charge in [-0.1, -0.05) is 0 Å². The van der Waals surface area contributed by atoms with Crippen molar-refractivity contribution >= 4 is 17.3 Å². The van der Waals surface area contributed by atoms with Gasteiger partial charge in [-0.2, -0.15) is 0 Å². The summed E-state index contributed by atoms with van der Waals surface area (Å²) in [6, 6.07) is 0. The predicted octanol–water partition coefficient (Wildman–Crippen LogP) is 0.678. The van der Waals surface area contributed by atoms with Gasteiger partial charge < -0.3 is 15.0 Å². The van der Waals surface area contributed by atoms with E-state index in [-0.39, 0.29) is 39.9 Å². The summed E-state index contributed by atoms with van der Waals surface area (Å²) in [5, 5.41) is 9.46. The highest BCUT2D eigenvalue weighted by molar-refractivity contribution is 6.27. The zero-order valence-electron chi connectivity index (χ0n) is 11.2. The molecule has 1 aromatic rings. The molecule has 6 nitrogen and oxygen atoms in total. The van der Waals surface area contributed by atoms with Gasteiger partial charge in [0.1, 0.15) is 0 Å². The van der Waals surface area contributed by atoms with Crippen LogP contribution in [0.5, 0.6) is 0 Å². The van der Waals surface area contributed by atoms with Crippen LogP contribution in [0.4, 0.5) is 0 Å². The maximum Gasteiger partial charge on any atom is 0.212 e. The summed E-state index contributed by atoms with van der Waals surface area (Å²) >= 11 is 0. The number of hydrogen-bond acceptors (Lipinski definition) is 5. The SMILES string of the molecule is CC(=O)c1[nH]c2c(c1CO)C(=O)C(N1CC1)=C(C)C2=O. The lowest BCUT2D eigenvalue weighted by atomic mass is 9.90. The van der Waals surface area contributed by atoms with Crippen molar-refractivity contribution < 1.29 is 19.5 Å². The molecule has 1 saturated heterocycles. The van der Waals surface area contributed by atoms with Gasteiger partial charge in [0.15, 0.2) is 5.78 Å². The Morgan fingerprint density at radius 1 is 1.30 bits per heavy atom. The maximum atomic E-state index is 12.6. The largest absolute Gasteiger partial charge is 0.392 e. The van der Waals surface area contributed by atoms with Crippen molar-refractivity contribution in [1.82, 2.24) is 9.88 Å². The number of ketones is 3. The maximum absolute atomic E-state index is 12.6. The van der Waals surface area contributed by atoms with Gasteiger partial charge in [-0.25, -0.2) is 0 Å². The molecule has 0 aromatic carbocycles. The fourth-order valence-corrected chi connectivity index (χ4v) is 2.66. The highest BCUT2D eigenvalue weighted by atomic mass is 16.3. The third-order valence-corrected chi connectivity index (χ3v) is 3.74. The molecule has 6 heteroatoms. The van der Waals surface area contributed by atoms with Gasteiger partial charge in [-0.05, 0) is 6.92 Å². The van der Waals surface area contributed by atoms with E-state index in [4.69, 9.17) is 0 Å². The van der Waals surface area contributed by atoms with Crippen LogP contribution in [0.25, 0.3) is 0 Å². The average Bonchev–Trinajstić information content (AvgIpc) is 3.14. The topological polar surface area (TPSA) is 90.2 Å². The van der Waals surface area contributed by atoms with E-state index < -0.39 is 6.61 Å². The van der Waals surface area contributed by atoms with Crippen molar-refractivity contribution in [2.24, 2.45) is 0 Å². The van der Waals surface area contributed by atoms with Gasteiger partial charge in [-0.3, -0.25) is 14.4 Å². The quantitative estimate of drug-likeness (QED) is 0.625. The number of allylic oxidation sites excluding steroid dienone is 2. The van der Waals surface area contributed by atoms with Crippen LogP contribution >= 0.6 is 0 Å². The molecule has 1 fully saturated rings. The Morgan fingerprint density at radius 2 is 1.95 bits per heavy atom. The Morgan fingerprint density at radius 3 is 2.45 bits per heavy atom. The summed E-state index contributed by atoms with van der Waals surface area (Å²) in [4.78, 5) is 41.0. The Hall–Kier alpha value is -2.21. The van der Waals surface area contributed by atoms with E-state index in [2.05, 4.69) is 4.98 Å². The molecule has 3 rings (SSSR count). The second-order valence-electron chi connectivity index (χ2n) is 5.06. The van der Waals surface area contributed by atoms with E-state index in [0.717, 1.165) is 13.1 Å². The molecule has 20 heavy (non-hydrogen) atoms. The van der Waals surface area contributed by atoms with Crippen LogP contribution in [0.1, 0.15) is 50.7 Å². The Bertz CT molecular complexity index is 692. The molecule has 0 radical (unpaired) electrons. The molecule has 1 aromatic heterocycles. The Kier molecular flexibility index (Phi) is 2.65. The second kappa shape index (κ2) is 4.14. The summed E-state index contributed by atoms with van der Waals surface area (Å²) in [5.74, 6) is -0.888. The highest BCUT2D eigenvalue weighted by Crippen LogP contribution is 2.34. The molecule has 0 unspecified atom stereocenters. The van der Waals surface area contributed by atoms with E-state index in [0.29, 0.717) is 11.3 Å². The number of hydrogen-bond donors (Lipinski definition) is 2. The van der Waals surface area contributed by atoms with E-state index >= 15 is 0 Å². The van der Waals surface area contributed by atoms with Gasteiger partial charge in [0.2, 0.25) is 11.6 Å². The number of aliphatic hydroxyl groups is 1. The lowest BCUT2D eigenvalue weighted by Crippen LogP contribution is -2.25. The standard InChI is InChI=1S/C14H14N2O4/c1-6-12(16-3-4-16)14(20)9-8(5-17)10(7(2)18)15-11(9)13(6)19/h15,17H,3-5H2,1-2H3. The summed E-state index contributed by atoms with van der Waals surface area (Å²) in [6.45, 7) is 3.99. The molecule has 0 bridgehead atoms. The summed E-state index contributed by atoms with van der Waals surface area (Å²) < 4.78 is 0. The number of aromatic amines is 1. The van der Waals surface area contributed by atoms with Crippen molar-refractivity contribution in [2.75, 3.05) is 13.1 Å². The van der Waals surface area contributed by atoms with Crippen LogP contribution in [-0.4, -0.2) is 45.4 Å². The van der Waals surface area contributed by atoms with Crippen molar-refractivity contribution in [3.8, 4) is 0 Å². The number of aliphatic hydroxyl groups excluding tert-OH is 1. The van der Waals surface area contributed by atoms with Gasteiger partial charge in [-0.15, -0.1) is 0 Å². The van der Waals surface area contributed by atoms with Crippen LogP contribution in [0.15, 0.2) is 11.3 Å². The van der Waals surface area contributed by atoms with Crippen molar-refractivity contribution in [2.45, 2.75) is 20.5 Å². The van der Waals surface area contributed by atoms with Crippen molar-refractivity contribution in [3.05, 3.63) is 33.8 Å². The molecular formula is C14H14N2O4. The number of Topliss-reactive ketones (excluding diaryl/α,β-unsaturated/α-hetero) is 3. The third kappa shape index (κ3) is 1.58. The lowest BCUT2D eigenvalue weighted by Gasteiger charge is -2.18. The van der Waals surface area contributed by atoms with Gasteiger partial charge in [0, 0.05) is 31.1 Å². The van der Waals surface area contributed by atoms with Crippen molar-refractivity contribution in [1.29, 1.82) is 0 Å². The first-order chi connectivity index (χ1) is 9.47. The minimum atomic E-state index is -0.452. The summed E-state index contributed by atoms with van der Waals surface area (Å²) in [5.41, 5.74) is 1.41. The molecule has 2 N–H and O–H groups in total. The fourth-order valence-electron chi connectivity index (χ4n) is 2.66. The first kappa shape index (κ1) is 12.8. The van der Waals surface area contributed by atoms with Gasteiger partial charge in [0.25, 0.3) is 0 Å². The molecule has 2 heterocycles. The molecule has 104 valence electrons. The Labute approximate surface area is 115 Å². The van der Waals surface area contributed by atoms with Crippen LogP contribution in [-0.2, 0) is 6.61 Å². The lowest BCUT2D eigenvalue weighted by molar-refractivity contribution is 0.0957. The van der Waals surface area contributed by atoms with Gasteiger partial charge >= 0.3 is 0 Å². The van der Waals surface area contributed by atoms with Crippen LogP contribution in [0.2, 0.25) is 0 Å². The predicted molar refractivity (Wildman–Crippen MR) is 69.7 cm³/mol. The number of nitrogens with one attached hydrogen (secondary N) is 1. The first-order valence-corrected chi connectivity index (χ1v) is 6.39. The summed E-state index contributed by atoms with van der Waals surface area (Å²) in [7, 11) is 0. The number of aromatic nitrogens is 1. The molecule has 1 aliphatic heterocycles. The molecule has 0 saturated carbocycles. The zero-order valence-corrected chi connectivity index (χ0v) is 11.2. The van der Waals surface area contributed by atoms with Crippen molar-refractivity contribution in [3.63, 3.8) is 0 Å². The molecule has 2 aliphatic rings. The second-order valence-corrected chi connectivity index (χ2v) is 5.06. The number of rotatable bonds is 3. The third-order valence-electron chi connectivity index (χ3n) is 3.74. The van der Waals surface area contributed by atoms with E-state index in [9.17, 15) is 19.5 Å². The normalized spacial score (nSPS) is 17.6. The first-order valence-electron chi connectivity index (χ1n) is 6.39. The molecule has 0 amide bonds. The fraction of sp³-hybridized carbons (Fsp3) is 0.357. The molecule has 1 aliphatic carbocycles. The Balaban J connectivity index is 2.24. The molecule has 0 spiro atoms.